The van der Waals surface area contributed by atoms with Crippen molar-refractivity contribution in [3.05, 3.63) is 23.9 Å². The second-order valence-corrected chi connectivity index (χ2v) is 5.09. The summed E-state index contributed by atoms with van der Waals surface area (Å²) < 4.78 is 26.4. The van der Waals surface area contributed by atoms with Crippen molar-refractivity contribution < 1.29 is 8.78 Å². The summed E-state index contributed by atoms with van der Waals surface area (Å²) in [6, 6.07) is 0.900. The Balaban J connectivity index is 1.85. The Hall–Kier alpha value is -1.23. The molecule has 3 nitrogen and oxygen atoms in total. The molecule has 0 saturated carbocycles. The SMILES string of the molecule is CCCNCC1CCN(c2ncc(F)cc2F)CC1. The molecule has 106 valence electrons. The number of nitrogens with one attached hydrogen (secondary N) is 1. The van der Waals surface area contributed by atoms with Crippen LogP contribution in [0.4, 0.5) is 14.6 Å². The second kappa shape index (κ2) is 6.80. The highest BCUT2D eigenvalue weighted by Crippen LogP contribution is 2.23. The van der Waals surface area contributed by atoms with E-state index < -0.39 is 11.6 Å². The molecule has 0 unspecified atom stereocenters. The Labute approximate surface area is 113 Å². The number of anilines is 1. The predicted octanol–water partition coefficient (Wildman–Crippen LogP) is 2.58. The van der Waals surface area contributed by atoms with Gasteiger partial charge in [-0.05, 0) is 38.3 Å². The fourth-order valence-corrected chi connectivity index (χ4v) is 2.47. The molecular weight excluding hydrogens is 248 g/mol. The molecule has 0 bridgehead atoms. The van der Waals surface area contributed by atoms with Crippen LogP contribution in [-0.4, -0.2) is 31.2 Å². The number of piperidine rings is 1. The van der Waals surface area contributed by atoms with Gasteiger partial charge in [-0.1, -0.05) is 6.92 Å². The summed E-state index contributed by atoms with van der Waals surface area (Å²) in [6.07, 6.45) is 4.27. The zero-order valence-electron chi connectivity index (χ0n) is 11.3. The van der Waals surface area contributed by atoms with E-state index in [2.05, 4.69) is 17.2 Å². The summed E-state index contributed by atoms with van der Waals surface area (Å²) in [7, 11) is 0. The molecule has 0 aliphatic carbocycles. The van der Waals surface area contributed by atoms with Crippen LogP contribution in [-0.2, 0) is 0 Å². The van der Waals surface area contributed by atoms with Crippen LogP contribution in [0.1, 0.15) is 26.2 Å². The van der Waals surface area contributed by atoms with Crippen LogP contribution in [0.15, 0.2) is 12.3 Å². The van der Waals surface area contributed by atoms with Crippen molar-refractivity contribution in [1.82, 2.24) is 10.3 Å². The number of aromatic nitrogens is 1. The molecule has 5 heteroatoms. The van der Waals surface area contributed by atoms with Crippen LogP contribution >= 0.6 is 0 Å². The van der Waals surface area contributed by atoms with Crippen LogP contribution in [0.5, 0.6) is 0 Å². The van der Waals surface area contributed by atoms with E-state index in [0.29, 0.717) is 5.92 Å². The minimum Gasteiger partial charge on any atom is -0.354 e. The Morgan fingerprint density at radius 2 is 2.11 bits per heavy atom. The van der Waals surface area contributed by atoms with Crippen molar-refractivity contribution in [2.45, 2.75) is 26.2 Å². The Bertz CT molecular complexity index is 404. The van der Waals surface area contributed by atoms with Crippen LogP contribution in [0.3, 0.4) is 0 Å². The van der Waals surface area contributed by atoms with Gasteiger partial charge in [0, 0.05) is 19.2 Å². The van der Waals surface area contributed by atoms with Crippen molar-refractivity contribution in [1.29, 1.82) is 0 Å². The van der Waals surface area contributed by atoms with Crippen molar-refractivity contribution in [3.8, 4) is 0 Å². The molecule has 1 aromatic heterocycles. The summed E-state index contributed by atoms with van der Waals surface area (Å²) in [5, 5.41) is 3.42. The van der Waals surface area contributed by atoms with E-state index in [1.165, 1.54) is 0 Å². The van der Waals surface area contributed by atoms with Crippen molar-refractivity contribution in [2.24, 2.45) is 5.92 Å². The summed E-state index contributed by atoms with van der Waals surface area (Å²) in [5.74, 6) is -0.268. The molecule has 0 aromatic carbocycles. The van der Waals surface area contributed by atoms with Gasteiger partial charge in [-0.2, -0.15) is 0 Å². The van der Waals surface area contributed by atoms with Crippen LogP contribution in [0, 0.1) is 17.6 Å². The minimum atomic E-state index is -0.625. The average Bonchev–Trinajstić information content (AvgIpc) is 2.40. The standard InChI is InChI=1S/C14H21F2N3/c1-2-5-17-9-11-3-6-19(7-4-11)14-13(16)8-12(15)10-18-14/h8,10-11,17H,2-7,9H2,1H3. The quantitative estimate of drug-likeness (QED) is 0.833. The van der Waals surface area contributed by atoms with Gasteiger partial charge in [0.15, 0.2) is 11.6 Å². The highest BCUT2D eigenvalue weighted by Gasteiger charge is 2.22. The fourth-order valence-electron chi connectivity index (χ4n) is 2.47. The zero-order chi connectivity index (χ0) is 13.7. The second-order valence-electron chi connectivity index (χ2n) is 5.09. The van der Waals surface area contributed by atoms with Gasteiger partial charge in [-0.3, -0.25) is 0 Å². The molecule has 1 saturated heterocycles. The highest BCUT2D eigenvalue weighted by molar-refractivity contribution is 5.40. The number of nitrogens with zero attached hydrogens (tertiary/aromatic N) is 2. The van der Waals surface area contributed by atoms with E-state index in [9.17, 15) is 8.78 Å². The maximum atomic E-state index is 13.6. The normalized spacial score (nSPS) is 16.9. The van der Waals surface area contributed by atoms with E-state index in [0.717, 1.165) is 57.7 Å². The van der Waals surface area contributed by atoms with Crippen LogP contribution in [0.2, 0.25) is 0 Å². The molecule has 1 N–H and O–H groups in total. The third-order valence-electron chi connectivity index (χ3n) is 3.56. The van der Waals surface area contributed by atoms with E-state index in [-0.39, 0.29) is 5.82 Å². The van der Waals surface area contributed by atoms with Crippen LogP contribution in [0.25, 0.3) is 0 Å². The molecule has 1 fully saturated rings. The smallest absolute Gasteiger partial charge is 0.168 e. The Kier molecular flexibility index (Phi) is 5.07. The molecule has 1 aliphatic rings. The molecule has 0 spiro atoms. The largest absolute Gasteiger partial charge is 0.354 e. The number of pyridine rings is 1. The molecule has 0 atom stereocenters. The number of halogens is 2. The van der Waals surface area contributed by atoms with E-state index in [1.54, 1.807) is 0 Å². The fraction of sp³-hybridized carbons (Fsp3) is 0.643. The highest BCUT2D eigenvalue weighted by atomic mass is 19.1. The molecule has 2 heterocycles. The van der Waals surface area contributed by atoms with Gasteiger partial charge >= 0.3 is 0 Å². The topological polar surface area (TPSA) is 28.2 Å². The zero-order valence-corrected chi connectivity index (χ0v) is 11.3. The monoisotopic (exact) mass is 269 g/mol. The molecule has 1 aromatic rings. The van der Waals surface area contributed by atoms with Gasteiger partial charge in [-0.15, -0.1) is 0 Å². The summed E-state index contributed by atoms with van der Waals surface area (Å²) >= 11 is 0. The van der Waals surface area contributed by atoms with E-state index in [1.807, 2.05) is 4.90 Å². The Morgan fingerprint density at radius 3 is 2.74 bits per heavy atom. The van der Waals surface area contributed by atoms with Gasteiger partial charge in [0.25, 0.3) is 0 Å². The van der Waals surface area contributed by atoms with Gasteiger partial charge < -0.3 is 10.2 Å². The molecule has 0 amide bonds. The third kappa shape index (κ3) is 3.86. The molecule has 19 heavy (non-hydrogen) atoms. The lowest BCUT2D eigenvalue weighted by molar-refractivity contribution is 0.380. The van der Waals surface area contributed by atoms with Crippen LogP contribution < -0.4 is 10.2 Å². The first-order chi connectivity index (χ1) is 9.20. The first kappa shape index (κ1) is 14.2. The first-order valence-electron chi connectivity index (χ1n) is 6.97. The van der Waals surface area contributed by atoms with Gasteiger partial charge in [0.05, 0.1) is 6.20 Å². The molecule has 0 radical (unpaired) electrons. The lowest BCUT2D eigenvalue weighted by atomic mass is 9.96. The van der Waals surface area contributed by atoms with Gasteiger partial charge in [0.2, 0.25) is 0 Å². The number of hydrogen-bond acceptors (Lipinski definition) is 3. The summed E-state index contributed by atoms with van der Waals surface area (Å²) in [6.45, 7) is 5.80. The predicted molar refractivity (Wildman–Crippen MR) is 72.3 cm³/mol. The molecular formula is C14H21F2N3. The third-order valence-corrected chi connectivity index (χ3v) is 3.56. The average molecular weight is 269 g/mol. The van der Waals surface area contributed by atoms with Crippen molar-refractivity contribution in [3.63, 3.8) is 0 Å². The summed E-state index contributed by atoms with van der Waals surface area (Å²) in [4.78, 5) is 5.77. The van der Waals surface area contributed by atoms with E-state index in [4.69, 9.17) is 0 Å². The van der Waals surface area contributed by atoms with Crippen molar-refractivity contribution in [2.75, 3.05) is 31.1 Å². The van der Waals surface area contributed by atoms with Crippen molar-refractivity contribution >= 4 is 5.82 Å². The summed E-state index contributed by atoms with van der Waals surface area (Å²) in [5.41, 5.74) is 0. The first-order valence-corrected chi connectivity index (χ1v) is 6.97. The number of rotatable bonds is 5. The molecule has 1 aliphatic heterocycles. The lowest BCUT2D eigenvalue weighted by Gasteiger charge is -2.33. The number of hydrogen-bond donors (Lipinski definition) is 1. The van der Waals surface area contributed by atoms with Gasteiger partial charge in [0.1, 0.15) is 5.82 Å². The Morgan fingerprint density at radius 1 is 1.37 bits per heavy atom. The minimum absolute atomic E-state index is 0.279. The molecule has 2 rings (SSSR count). The van der Waals surface area contributed by atoms with Gasteiger partial charge in [-0.25, -0.2) is 13.8 Å². The maximum absolute atomic E-state index is 13.6. The van der Waals surface area contributed by atoms with E-state index >= 15 is 0 Å². The lowest BCUT2D eigenvalue weighted by Crippen LogP contribution is -2.38. The maximum Gasteiger partial charge on any atom is 0.168 e.